The Labute approximate surface area is 125 Å². The summed E-state index contributed by atoms with van der Waals surface area (Å²) in [5, 5.41) is 0. The van der Waals surface area contributed by atoms with Gasteiger partial charge in [-0.05, 0) is 38.5 Å². The van der Waals surface area contributed by atoms with Crippen LogP contribution in [0.5, 0.6) is 5.75 Å². The zero-order chi connectivity index (χ0) is 16.0. The Morgan fingerprint density at radius 3 is 2.52 bits per heavy atom. The molecule has 0 aliphatic heterocycles. The Balaban J connectivity index is 3.20. The summed E-state index contributed by atoms with van der Waals surface area (Å²) in [5.41, 5.74) is 0.174. The van der Waals surface area contributed by atoms with Crippen LogP contribution in [0.1, 0.15) is 37.6 Å². The Hall–Kier alpha value is -1.60. The standard InChI is InChI=1S/C14H21NO5S/c1-5-8-20-14(16)11-6-7-12(19-4)13(9-11)21(17,18)15-10(2)3/h6-7,9-10,15H,5,8H2,1-4H3. The molecule has 1 aromatic carbocycles. The quantitative estimate of drug-likeness (QED) is 0.778. The lowest BCUT2D eigenvalue weighted by atomic mass is 10.2. The van der Waals surface area contributed by atoms with E-state index < -0.39 is 16.0 Å². The van der Waals surface area contributed by atoms with Crippen molar-refractivity contribution in [1.82, 2.24) is 4.72 Å². The normalized spacial score (nSPS) is 11.5. The average Bonchev–Trinajstić information content (AvgIpc) is 2.42. The number of sulfonamides is 1. The fourth-order valence-corrected chi connectivity index (χ4v) is 3.11. The van der Waals surface area contributed by atoms with Gasteiger partial charge >= 0.3 is 5.97 Å². The molecular weight excluding hydrogens is 294 g/mol. The minimum atomic E-state index is -3.76. The first kappa shape index (κ1) is 17.5. The average molecular weight is 315 g/mol. The van der Waals surface area contributed by atoms with Crippen molar-refractivity contribution in [3.63, 3.8) is 0 Å². The molecule has 0 heterocycles. The van der Waals surface area contributed by atoms with E-state index in [1.807, 2.05) is 6.92 Å². The van der Waals surface area contributed by atoms with Crippen LogP contribution in [-0.2, 0) is 14.8 Å². The van der Waals surface area contributed by atoms with Crippen LogP contribution < -0.4 is 9.46 Å². The van der Waals surface area contributed by atoms with E-state index in [0.29, 0.717) is 6.42 Å². The molecule has 0 aliphatic carbocycles. The van der Waals surface area contributed by atoms with Gasteiger partial charge in [0.2, 0.25) is 10.0 Å². The molecule has 1 N–H and O–H groups in total. The number of carbonyl (C=O) groups is 1. The Morgan fingerprint density at radius 2 is 2.00 bits per heavy atom. The van der Waals surface area contributed by atoms with Gasteiger partial charge in [0, 0.05) is 6.04 Å². The van der Waals surface area contributed by atoms with Crippen molar-refractivity contribution in [3.05, 3.63) is 23.8 Å². The maximum Gasteiger partial charge on any atom is 0.338 e. The van der Waals surface area contributed by atoms with E-state index in [1.165, 1.54) is 25.3 Å². The van der Waals surface area contributed by atoms with Crippen LogP contribution in [0.4, 0.5) is 0 Å². The van der Waals surface area contributed by atoms with E-state index in [4.69, 9.17) is 9.47 Å². The highest BCUT2D eigenvalue weighted by Gasteiger charge is 2.22. The first-order valence-electron chi connectivity index (χ1n) is 6.69. The summed E-state index contributed by atoms with van der Waals surface area (Å²) in [4.78, 5) is 11.7. The number of ether oxygens (including phenoxy) is 2. The topological polar surface area (TPSA) is 81.7 Å². The second-order valence-corrected chi connectivity index (χ2v) is 6.46. The van der Waals surface area contributed by atoms with E-state index in [-0.39, 0.29) is 28.9 Å². The fourth-order valence-electron chi connectivity index (χ4n) is 1.67. The molecule has 6 nitrogen and oxygen atoms in total. The van der Waals surface area contributed by atoms with E-state index in [9.17, 15) is 13.2 Å². The van der Waals surface area contributed by atoms with E-state index in [1.54, 1.807) is 13.8 Å². The first-order chi connectivity index (χ1) is 9.81. The van der Waals surface area contributed by atoms with Crippen molar-refractivity contribution in [1.29, 1.82) is 0 Å². The molecule has 0 bridgehead atoms. The van der Waals surface area contributed by atoms with Crippen molar-refractivity contribution < 1.29 is 22.7 Å². The molecular formula is C14H21NO5S. The molecule has 118 valence electrons. The molecule has 0 aromatic heterocycles. The summed E-state index contributed by atoms with van der Waals surface area (Å²) in [6.45, 7) is 5.59. The van der Waals surface area contributed by atoms with Crippen LogP contribution in [0.15, 0.2) is 23.1 Å². The number of rotatable bonds is 7. The molecule has 0 aliphatic rings. The van der Waals surface area contributed by atoms with Crippen LogP contribution in [0.3, 0.4) is 0 Å². The van der Waals surface area contributed by atoms with Gasteiger partial charge in [-0.15, -0.1) is 0 Å². The number of nitrogens with one attached hydrogen (secondary N) is 1. The molecule has 7 heteroatoms. The van der Waals surface area contributed by atoms with Crippen LogP contribution in [0, 0.1) is 0 Å². The SMILES string of the molecule is CCCOC(=O)c1ccc(OC)c(S(=O)(=O)NC(C)C)c1. The lowest BCUT2D eigenvalue weighted by Crippen LogP contribution is -2.30. The second-order valence-electron chi connectivity index (χ2n) is 4.78. The Kier molecular flexibility index (Phi) is 6.17. The van der Waals surface area contributed by atoms with Crippen molar-refractivity contribution in [2.75, 3.05) is 13.7 Å². The van der Waals surface area contributed by atoms with Crippen LogP contribution in [0.2, 0.25) is 0 Å². The number of hydrogen-bond acceptors (Lipinski definition) is 5. The first-order valence-corrected chi connectivity index (χ1v) is 8.17. The number of esters is 1. The third kappa shape index (κ3) is 4.71. The van der Waals surface area contributed by atoms with Gasteiger partial charge < -0.3 is 9.47 Å². The molecule has 0 spiro atoms. The van der Waals surface area contributed by atoms with E-state index >= 15 is 0 Å². The van der Waals surface area contributed by atoms with Gasteiger partial charge in [-0.25, -0.2) is 17.9 Å². The number of carbonyl (C=O) groups excluding carboxylic acids is 1. The molecule has 0 radical (unpaired) electrons. The zero-order valence-corrected chi connectivity index (χ0v) is 13.5. The third-order valence-electron chi connectivity index (χ3n) is 2.52. The van der Waals surface area contributed by atoms with E-state index in [0.717, 1.165) is 0 Å². The van der Waals surface area contributed by atoms with Gasteiger partial charge in [0.25, 0.3) is 0 Å². The highest BCUT2D eigenvalue weighted by atomic mass is 32.2. The molecule has 1 aromatic rings. The van der Waals surface area contributed by atoms with Crippen molar-refractivity contribution in [2.45, 2.75) is 38.1 Å². The summed E-state index contributed by atoms with van der Waals surface area (Å²) in [6, 6.07) is 3.92. The monoisotopic (exact) mass is 315 g/mol. The Bertz CT molecular complexity index is 595. The summed E-state index contributed by atoms with van der Waals surface area (Å²) < 4.78 is 37.1. The Morgan fingerprint density at radius 1 is 1.33 bits per heavy atom. The van der Waals surface area contributed by atoms with Crippen molar-refractivity contribution in [3.8, 4) is 5.75 Å². The smallest absolute Gasteiger partial charge is 0.338 e. The van der Waals surface area contributed by atoms with Gasteiger partial charge in [-0.1, -0.05) is 6.92 Å². The maximum absolute atomic E-state index is 12.3. The number of benzene rings is 1. The molecule has 1 rings (SSSR count). The van der Waals surface area contributed by atoms with Crippen LogP contribution in [-0.4, -0.2) is 34.1 Å². The lowest BCUT2D eigenvalue weighted by molar-refractivity contribution is 0.0505. The van der Waals surface area contributed by atoms with Crippen LogP contribution >= 0.6 is 0 Å². The van der Waals surface area contributed by atoms with Gasteiger partial charge in [-0.3, -0.25) is 0 Å². The fraction of sp³-hybridized carbons (Fsp3) is 0.500. The van der Waals surface area contributed by atoms with Gasteiger partial charge in [0.05, 0.1) is 19.3 Å². The highest BCUT2D eigenvalue weighted by molar-refractivity contribution is 7.89. The highest BCUT2D eigenvalue weighted by Crippen LogP contribution is 2.25. The maximum atomic E-state index is 12.3. The molecule has 0 fully saturated rings. The molecule has 0 saturated heterocycles. The summed E-state index contributed by atoms with van der Waals surface area (Å²) >= 11 is 0. The largest absolute Gasteiger partial charge is 0.495 e. The number of methoxy groups -OCH3 is 1. The minimum Gasteiger partial charge on any atom is -0.495 e. The second kappa shape index (κ2) is 7.42. The third-order valence-corrected chi connectivity index (χ3v) is 4.20. The summed E-state index contributed by atoms with van der Waals surface area (Å²) in [5.74, 6) is -0.379. The summed E-state index contributed by atoms with van der Waals surface area (Å²) in [7, 11) is -2.39. The van der Waals surface area contributed by atoms with Crippen molar-refractivity contribution in [2.24, 2.45) is 0 Å². The molecule has 21 heavy (non-hydrogen) atoms. The van der Waals surface area contributed by atoms with Gasteiger partial charge in [0.15, 0.2) is 0 Å². The molecule has 0 unspecified atom stereocenters. The lowest BCUT2D eigenvalue weighted by Gasteiger charge is -2.13. The van der Waals surface area contributed by atoms with Gasteiger partial charge in [-0.2, -0.15) is 0 Å². The molecule has 0 saturated carbocycles. The van der Waals surface area contributed by atoms with Crippen molar-refractivity contribution >= 4 is 16.0 Å². The van der Waals surface area contributed by atoms with Gasteiger partial charge in [0.1, 0.15) is 10.6 Å². The molecule has 0 amide bonds. The van der Waals surface area contributed by atoms with Crippen LogP contribution in [0.25, 0.3) is 0 Å². The number of hydrogen-bond donors (Lipinski definition) is 1. The minimum absolute atomic E-state index is 0.0790. The summed E-state index contributed by atoms with van der Waals surface area (Å²) in [6.07, 6.45) is 0.696. The van der Waals surface area contributed by atoms with E-state index in [2.05, 4.69) is 4.72 Å². The predicted molar refractivity (Wildman–Crippen MR) is 79.0 cm³/mol. The zero-order valence-electron chi connectivity index (χ0n) is 12.7. The predicted octanol–water partition coefficient (Wildman–Crippen LogP) is 1.95. The molecule has 0 atom stereocenters.